The van der Waals surface area contributed by atoms with Gasteiger partial charge >= 0.3 is 17.9 Å². The van der Waals surface area contributed by atoms with Crippen molar-refractivity contribution in [1.29, 1.82) is 0 Å². The van der Waals surface area contributed by atoms with Gasteiger partial charge in [-0.05, 0) is 44.4 Å². The molecule has 0 aliphatic carbocycles. The van der Waals surface area contributed by atoms with Crippen LogP contribution in [0.5, 0.6) is 0 Å². The first-order chi connectivity index (χ1) is 22.3. The lowest BCUT2D eigenvalue weighted by molar-refractivity contribution is -0.154. The number of aliphatic hydroxyl groups is 5. The smallest absolute Gasteiger partial charge is 0.308 e. The normalized spacial score (nSPS) is 15.6. The molecule has 0 radical (unpaired) electrons. The Morgan fingerprint density at radius 2 is 1.06 bits per heavy atom. The van der Waals surface area contributed by atoms with E-state index < -0.39 is 49.1 Å². The van der Waals surface area contributed by atoms with Gasteiger partial charge < -0.3 is 39.7 Å². The number of esters is 3. The van der Waals surface area contributed by atoms with E-state index in [1.54, 1.807) is 0 Å². The third-order valence-electron chi connectivity index (χ3n) is 7.86. The van der Waals surface area contributed by atoms with Gasteiger partial charge in [-0.1, -0.05) is 86.0 Å². The number of ether oxygens (including phenoxy) is 3. The molecular formula is C36H70O11. The molecule has 0 saturated carbocycles. The minimum Gasteiger partial charge on any atom is -0.463 e. The minimum atomic E-state index is -1.12. The molecule has 0 aromatic heterocycles. The number of carbonyl (C=O) groups excluding carboxylic acids is 3. The van der Waals surface area contributed by atoms with Crippen LogP contribution in [0.25, 0.3) is 0 Å². The second-order valence-electron chi connectivity index (χ2n) is 12.9. The van der Waals surface area contributed by atoms with E-state index in [4.69, 9.17) is 24.4 Å². The van der Waals surface area contributed by atoms with Gasteiger partial charge in [0.2, 0.25) is 0 Å². The highest BCUT2D eigenvalue weighted by molar-refractivity contribution is 5.70. The van der Waals surface area contributed by atoms with E-state index in [0.29, 0.717) is 31.6 Å². The molecular weight excluding hydrogens is 608 g/mol. The first kappa shape index (κ1) is 47.3. The number of carbonyl (C=O) groups is 3. The van der Waals surface area contributed by atoms with Crippen LogP contribution in [0, 0.1) is 5.92 Å². The van der Waals surface area contributed by atoms with Gasteiger partial charge in [-0.25, -0.2) is 0 Å². The maximum atomic E-state index is 12.1. The van der Waals surface area contributed by atoms with E-state index in [1.807, 2.05) is 6.92 Å². The van der Waals surface area contributed by atoms with Crippen LogP contribution in [0.1, 0.15) is 157 Å². The Bertz CT molecular complexity index is 763. The van der Waals surface area contributed by atoms with E-state index in [9.17, 15) is 29.7 Å². The standard InChI is InChI=1S/C21H42O4.C15H28O7/c1-5-8-10-12-17(4)14-19(23)16-21(24)25-20(13-11-9-6-2)15-18(22)7-3;1-3-4-5-6-14(22-11(2)17)7-12(18)8-15(20)21-10-13(19)9-16/h17-20,22-23H,5-16H2,1-4H3;12-14,16,18-19H,3-10H2,1-2H3/t17-,18+,19-,20-;12-,13?,14-/m11/s1. The largest absolute Gasteiger partial charge is 0.463 e. The Morgan fingerprint density at radius 3 is 1.55 bits per heavy atom. The van der Waals surface area contributed by atoms with Gasteiger partial charge in [-0.2, -0.15) is 0 Å². The van der Waals surface area contributed by atoms with Crippen molar-refractivity contribution in [1.82, 2.24) is 0 Å². The lowest BCUT2D eigenvalue weighted by Gasteiger charge is -2.22. The fraction of sp³-hybridized carbons (Fsp3) is 0.917. The summed E-state index contributed by atoms with van der Waals surface area (Å²) in [6.07, 6.45) is 10.3. The zero-order chi connectivity index (χ0) is 36.0. The fourth-order valence-corrected chi connectivity index (χ4v) is 5.11. The molecule has 0 aromatic rings. The van der Waals surface area contributed by atoms with Crippen LogP contribution in [0.15, 0.2) is 0 Å². The van der Waals surface area contributed by atoms with Crippen molar-refractivity contribution in [2.45, 2.75) is 194 Å². The first-order valence-electron chi connectivity index (χ1n) is 18.2. The van der Waals surface area contributed by atoms with Crippen molar-refractivity contribution in [3.05, 3.63) is 0 Å². The van der Waals surface area contributed by atoms with Gasteiger partial charge in [-0.3, -0.25) is 14.4 Å². The quantitative estimate of drug-likeness (QED) is 0.0399. The molecule has 11 nitrogen and oxygen atoms in total. The second kappa shape index (κ2) is 31.5. The van der Waals surface area contributed by atoms with E-state index in [2.05, 4.69) is 27.7 Å². The third-order valence-corrected chi connectivity index (χ3v) is 7.86. The molecule has 0 spiro atoms. The van der Waals surface area contributed by atoms with Gasteiger partial charge in [0.15, 0.2) is 0 Å². The number of unbranched alkanes of at least 4 members (excludes halogenated alkanes) is 6. The summed E-state index contributed by atoms with van der Waals surface area (Å²) in [4.78, 5) is 34.7. The first-order valence-corrected chi connectivity index (χ1v) is 18.2. The predicted molar refractivity (Wildman–Crippen MR) is 182 cm³/mol. The Morgan fingerprint density at radius 1 is 0.596 bits per heavy atom. The van der Waals surface area contributed by atoms with Crippen molar-refractivity contribution in [2.75, 3.05) is 13.2 Å². The van der Waals surface area contributed by atoms with Crippen molar-refractivity contribution in [2.24, 2.45) is 5.92 Å². The summed E-state index contributed by atoms with van der Waals surface area (Å²) in [5, 5.41) is 47.5. The van der Waals surface area contributed by atoms with E-state index in [0.717, 1.165) is 51.4 Å². The molecule has 7 atom stereocenters. The van der Waals surface area contributed by atoms with Crippen molar-refractivity contribution >= 4 is 17.9 Å². The highest BCUT2D eigenvalue weighted by Crippen LogP contribution is 2.19. The average Bonchev–Trinajstić information content (AvgIpc) is 2.99. The Balaban J connectivity index is 0. The summed E-state index contributed by atoms with van der Waals surface area (Å²) in [7, 11) is 0. The molecule has 1 unspecified atom stereocenters. The molecule has 47 heavy (non-hydrogen) atoms. The summed E-state index contributed by atoms with van der Waals surface area (Å²) in [6.45, 7) is 10.9. The summed E-state index contributed by atoms with van der Waals surface area (Å²) in [6, 6.07) is 0. The third kappa shape index (κ3) is 31.2. The molecule has 0 saturated heterocycles. The van der Waals surface area contributed by atoms with Crippen molar-refractivity contribution in [3.8, 4) is 0 Å². The minimum absolute atomic E-state index is 0.0601. The van der Waals surface area contributed by atoms with Gasteiger partial charge in [-0.15, -0.1) is 0 Å². The van der Waals surface area contributed by atoms with E-state index in [-0.39, 0.29) is 37.9 Å². The highest BCUT2D eigenvalue weighted by atomic mass is 16.6. The molecule has 0 heterocycles. The number of hydrogen-bond donors (Lipinski definition) is 5. The molecule has 0 aromatic carbocycles. The maximum Gasteiger partial charge on any atom is 0.308 e. The lowest BCUT2D eigenvalue weighted by Crippen LogP contribution is -2.27. The molecule has 11 heteroatoms. The van der Waals surface area contributed by atoms with Crippen molar-refractivity contribution in [3.63, 3.8) is 0 Å². The number of rotatable bonds is 28. The van der Waals surface area contributed by atoms with Gasteiger partial charge in [0.05, 0.1) is 37.8 Å². The van der Waals surface area contributed by atoms with Crippen molar-refractivity contribution < 1.29 is 54.1 Å². The Hall–Kier alpha value is -1.79. The van der Waals surface area contributed by atoms with Crippen LogP contribution in [0.2, 0.25) is 0 Å². The lowest BCUT2D eigenvalue weighted by atomic mass is 9.96. The van der Waals surface area contributed by atoms with Crippen LogP contribution in [0.4, 0.5) is 0 Å². The molecule has 0 aliphatic heterocycles. The number of hydrogen-bond acceptors (Lipinski definition) is 11. The SMILES string of the molecule is CCCCC[C@@H](C)C[C@@H](O)CC(=O)O[C@H](CCCCC)C[C@@H](O)CC.CCCCC[C@H](C[C@@H](O)CC(=O)OCC(O)CO)OC(C)=O. The summed E-state index contributed by atoms with van der Waals surface area (Å²) < 4.78 is 15.4. The second-order valence-corrected chi connectivity index (χ2v) is 12.9. The summed E-state index contributed by atoms with van der Waals surface area (Å²) in [5.74, 6) is -0.993. The zero-order valence-electron chi connectivity index (χ0n) is 30.4. The monoisotopic (exact) mass is 678 g/mol. The van der Waals surface area contributed by atoms with Crippen LogP contribution < -0.4 is 0 Å². The van der Waals surface area contributed by atoms with Gasteiger partial charge in [0.25, 0.3) is 0 Å². The molecule has 0 amide bonds. The molecule has 0 rings (SSSR count). The molecule has 0 aliphatic rings. The molecule has 5 N–H and O–H groups in total. The van der Waals surface area contributed by atoms with Crippen LogP contribution in [0.3, 0.4) is 0 Å². The summed E-state index contributed by atoms with van der Waals surface area (Å²) >= 11 is 0. The van der Waals surface area contributed by atoms with Gasteiger partial charge in [0.1, 0.15) is 24.9 Å². The van der Waals surface area contributed by atoms with E-state index in [1.165, 1.54) is 26.2 Å². The van der Waals surface area contributed by atoms with Crippen LogP contribution in [-0.4, -0.2) is 93.3 Å². The van der Waals surface area contributed by atoms with E-state index >= 15 is 0 Å². The Kier molecular flexibility index (Phi) is 31.7. The molecule has 280 valence electrons. The Labute approximate surface area is 284 Å². The summed E-state index contributed by atoms with van der Waals surface area (Å²) in [5.41, 5.74) is 0. The topological polar surface area (TPSA) is 180 Å². The predicted octanol–water partition coefficient (Wildman–Crippen LogP) is 5.53. The van der Waals surface area contributed by atoms with Crippen LogP contribution >= 0.6 is 0 Å². The average molecular weight is 679 g/mol. The van der Waals surface area contributed by atoms with Crippen LogP contribution in [-0.2, 0) is 28.6 Å². The number of aliphatic hydroxyl groups excluding tert-OH is 5. The molecule has 0 fully saturated rings. The zero-order valence-corrected chi connectivity index (χ0v) is 30.4. The highest BCUT2D eigenvalue weighted by Gasteiger charge is 2.22. The fourth-order valence-electron chi connectivity index (χ4n) is 5.11. The molecule has 0 bridgehead atoms. The van der Waals surface area contributed by atoms with Gasteiger partial charge in [0, 0.05) is 19.8 Å². The maximum absolute atomic E-state index is 12.1.